The molecule has 2 rings (SSSR count). The van der Waals surface area contributed by atoms with Crippen LogP contribution >= 0.6 is 0 Å². The first kappa shape index (κ1) is 34.7. The van der Waals surface area contributed by atoms with Crippen LogP contribution < -0.4 is 10.6 Å². The van der Waals surface area contributed by atoms with Gasteiger partial charge in [0.05, 0.1) is 16.7 Å². The summed E-state index contributed by atoms with van der Waals surface area (Å²) in [6, 6.07) is 2.97. The Kier molecular flexibility index (Phi) is 12.4. The van der Waals surface area contributed by atoms with Gasteiger partial charge in [0.2, 0.25) is 21.8 Å². The molecular formula is C31H51N3O6S. The quantitative estimate of drug-likeness (QED) is 0.471. The van der Waals surface area contributed by atoms with Crippen LogP contribution in [0.5, 0.6) is 0 Å². The SMILES string of the molecule is CNC(=O)[C@@H]1CCCCN(S(=O)(=O)c2c(C)cc(C)cc2C)CCC[C@H](C(=O)OC(C)(C)C)[C@@H](CC(C)C)C(=O)N1. The van der Waals surface area contributed by atoms with Crippen molar-refractivity contribution in [2.75, 3.05) is 20.1 Å². The van der Waals surface area contributed by atoms with Crippen LogP contribution in [0.15, 0.2) is 17.0 Å². The molecule has 3 atom stereocenters. The van der Waals surface area contributed by atoms with Crippen molar-refractivity contribution in [3.63, 3.8) is 0 Å². The molecule has 232 valence electrons. The van der Waals surface area contributed by atoms with Crippen LogP contribution in [-0.4, -0.2) is 62.3 Å². The molecule has 0 spiro atoms. The maximum absolute atomic E-state index is 14.0. The molecule has 0 aromatic heterocycles. The van der Waals surface area contributed by atoms with E-state index in [1.807, 2.05) is 46.8 Å². The van der Waals surface area contributed by atoms with Gasteiger partial charge in [-0.3, -0.25) is 14.4 Å². The van der Waals surface area contributed by atoms with Gasteiger partial charge in [0.25, 0.3) is 0 Å². The number of nitrogens with zero attached hydrogens (tertiary/aromatic N) is 1. The topological polar surface area (TPSA) is 122 Å². The summed E-state index contributed by atoms with van der Waals surface area (Å²) in [6.45, 7) is 15.4. The number of esters is 1. The maximum Gasteiger partial charge on any atom is 0.310 e. The van der Waals surface area contributed by atoms with Crippen LogP contribution in [0.1, 0.15) is 89.8 Å². The standard InChI is InChI=1S/C31H51N3O6S/c1-20(2)17-25-24(30(37)40-31(6,7)8)13-12-16-34(15-11-10-14-26(29(36)32-9)33-28(25)35)41(38,39)27-22(4)18-21(3)19-23(27)5/h18-20,24-26H,10-17H2,1-9H3,(H,32,36)(H,33,35)/t24-,25+,26-/m0/s1. The molecule has 41 heavy (non-hydrogen) atoms. The van der Waals surface area contributed by atoms with Crippen molar-refractivity contribution in [2.24, 2.45) is 17.8 Å². The van der Waals surface area contributed by atoms with E-state index in [1.54, 1.807) is 20.8 Å². The van der Waals surface area contributed by atoms with Gasteiger partial charge in [-0.15, -0.1) is 0 Å². The molecule has 2 N–H and O–H groups in total. The predicted octanol–water partition coefficient (Wildman–Crippen LogP) is 4.42. The van der Waals surface area contributed by atoms with Gasteiger partial charge < -0.3 is 15.4 Å². The summed E-state index contributed by atoms with van der Waals surface area (Å²) in [7, 11) is -2.31. The van der Waals surface area contributed by atoms with Crippen molar-refractivity contribution in [1.82, 2.24) is 14.9 Å². The number of amides is 2. The molecule has 0 saturated carbocycles. The number of carbonyl (C=O) groups is 3. The summed E-state index contributed by atoms with van der Waals surface area (Å²) < 4.78 is 35.3. The molecule has 1 aromatic rings. The molecule has 1 aromatic carbocycles. The number of hydrogen-bond acceptors (Lipinski definition) is 6. The first-order chi connectivity index (χ1) is 19.0. The van der Waals surface area contributed by atoms with Gasteiger partial charge in [0.15, 0.2) is 0 Å². The van der Waals surface area contributed by atoms with E-state index in [2.05, 4.69) is 10.6 Å². The van der Waals surface area contributed by atoms with Crippen LogP contribution in [-0.2, 0) is 29.1 Å². The Morgan fingerprint density at radius 2 is 1.63 bits per heavy atom. The fraction of sp³-hybridized carbons (Fsp3) is 0.710. The van der Waals surface area contributed by atoms with Gasteiger partial charge in [0.1, 0.15) is 11.6 Å². The Morgan fingerprint density at radius 3 is 2.17 bits per heavy atom. The van der Waals surface area contributed by atoms with E-state index in [9.17, 15) is 22.8 Å². The molecule has 9 nitrogen and oxygen atoms in total. The van der Waals surface area contributed by atoms with E-state index in [1.165, 1.54) is 11.4 Å². The maximum atomic E-state index is 14.0. The number of hydrogen-bond donors (Lipinski definition) is 2. The number of rotatable bonds is 6. The number of benzene rings is 1. The summed E-state index contributed by atoms with van der Waals surface area (Å²) in [5.74, 6) is -2.54. The largest absolute Gasteiger partial charge is 0.460 e. The van der Waals surface area contributed by atoms with Crippen molar-refractivity contribution in [3.8, 4) is 0 Å². The fourth-order valence-electron chi connectivity index (χ4n) is 5.72. The lowest BCUT2D eigenvalue weighted by atomic mass is 9.81. The highest BCUT2D eigenvalue weighted by Gasteiger charge is 2.39. The summed E-state index contributed by atoms with van der Waals surface area (Å²) in [6.07, 6.45) is 2.52. The van der Waals surface area contributed by atoms with Crippen molar-refractivity contribution < 1.29 is 27.5 Å². The number of nitrogens with one attached hydrogen (secondary N) is 2. The third-order valence-corrected chi connectivity index (χ3v) is 9.62. The van der Waals surface area contributed by atoms with Crippen LogP contribution in [0.4, 0.5) is 0 Å². The first-order valence-electron chi connectivity index (χ1n) is 14.8. The average Bonchev–Trinajstić information content (AvgIpc) is 2.83. The van der Waals surface area contributed by atoms with Gasteiger partial charge in [-0.1, -0.05) is 31.5 Å². The van der Waals surface area contributed by atoms with Crippen molar-refractivity contribution in [1.29, 1.82) is 0 Å². The molecule has 1 fully saturated rings. The number of carbonyl (C=O) groups excluding carboxylic acids is 3. The van der Waals surface area contributed by atoms with Crippen LogP contribution in [0.25, 0.3) is 0 Å². The van der Waals surface area contributed by atoms with Gasteiger partial charge >= 0.3 is 5.97 Å². The zero-order chi connectivity index (χ0) is 31.1. The second kappa shape index (κ2) is 14.6. The normalized spacial score (nSPS) is 22.2. The van der Waals surface area contributed by atoms with E-state index >= 15 is 0 Å². The fourth-order valence-corrected chi connectivity index (χ4v) is 7.65. The highest BCUT2D eigenvalue weighted by Crippen LogP contribution is 2.31. The van der Waals surface area contributed by atoms with Gasteiger partial charge in [-0.2, -0.15) is 4.31 Å². The summed E-state index contributed by atoms with van der Waals surface area (Å²) in [4.78, 5) is 40.2. The molecular weight excluding hydrogens is 542 g/mol. The predicted molar refractivity (Wildman–Crippen MR) is 161 cm³/mol. The van der Waals surface area contributed by atoms with E-state index in [-0.39, 0.29) is 37.2 Å². The molecule has 1 aliphatic rings. The minimum absolute atomic E-state index is 0.106. The Labute approximate surface area is 247 Å². The summed E-state index contributed by atoms with van der Waals surface area (Å²) in [5.41, 5.74) is 1.64. The van der Waals surface area contributed by atoms with Gasteiger partial charge in [0, 0.05) is 20.1 Å². The second-order valence-corrected chi connectivity index (χ2v) is 14.7. The number of sulfonamides is 1. The highest BCUT2D eigenvalue weighted by molar-refractivity contribution is 7.89. The summed E-state index contributed by atoms with van der Waals surface area (Å²) in [5, 5.41) is 5.53. The second-order valence-electron chi connectivity index (χ2n) is 12.8. The molecule has 1 aliphatic heterocycles. The monoisotopic (exact) mass is 593 g/mol. The molecule has 1 heterocycles. The minimum atomic E-state index is -3.83. The number of aryl methyl sites for hydroxylation is 3. The van der Waals surface area contributed by atoms with Crippen LogP contribution in [0.3, 0.4) is 0 Å². The van der Waals surface area contributed by atoms with Crippen molar-refractivity contribution >= 4 is 27.8 Å². The first-order valence-corrected chi connectivity index (χ1v) is 16.2. The minimum Gasteiger partial charge on any atom is -0.460 e. The zero-order valence-electron chi connectivity index (χ0n) is 26.4. The summed E-state index contributed by atoms with van der Waals surface area (Å²) >= 11 is 0. The van der Waals surface area contributed by atoms with Crippen LogP contribution in [0, 0.1) is 38.5 Å². The molecule has 0 bridgehead atoms. The molecule has 1 saturated heterocycles. The molecule has 0 unspecified atom stereocenters. The van der Waals surface area contributed by atoms with Gasteiger partial charge in [-0.05, 0) is 97.1 Å². The molecule has 2 amide bonds. The third kappa shape index (κ3) is 9.81. The van der Waals surface area contributed by atoms with Crippen molar-refractivity contribution in [3.05, 3.63) is 28.8 Å². The number of likely N-dealkylation sites (N-methyl/N-ethyl adjacent to an activating group) is 1. The van der Waals surface area contributed by atoms with Gasteiger partial charge in [-0.25, -0.2) is 8.42 Å². The lowest BCUT2D eigenvalue weighted by Crippen LogP contribution is -2.50. The lowest BCUT2D eigenvalue weighted by molar-refractivity contribution is -0.164. The Hall–Kier alpha value is -2.46. The smallest absolute Gasteiger partial charge is 0.310 e. The van der Waals surface area contributed by atoms with Crippen molar-refractivity contribution in [2.45, 2.75) is 110 Å². The van der Waals surface area contributed by atoms with E-state index < -0.39 is 39.5 Å². The zero-order valence-corrected chi connectivity index (χ0v) is 27.2. The lowest BCUT2D eigenvalue weighted by Gasteiger charge is -2.31. The van der Waals surface area contributed by atoms with E-state index in [0.717, 1.165) is 5.56 Å². The average molecular weight is 594 g/mol. The highest BCUT2D eigenvalue weighted by atomic mass is 32.2. The molecule has 10 heteroatoms. The third-order valence-electron chi connectivity index (χ3n) is 7.41. The Morgan fingerprint density at radius 1 is 1.05 bits per heavy atom. The Bertz CT molecular complexity index is 1170. The van der Waals surface area contributed by atoms with Crippen LogP contribution in [0.2, 0.25) is 0 Å². The number of ether oxygens (including phenoxy) is 1. The Balaban J connectivity index is 2.54. The molecule has 0 radical (unpaired) electrons. The molecule has 0 aliphatic carbocycles. The van der Waals surface area contributed by atoms with E-state index in [0.29, 0.717) is 48.1 Å². The van der Waals surface area contributed by atoms with E-state index in [4.69, 9.17) is 4.74 Å².